The van der Waals surface area contributed by atoms with E-state index in [1.165, 1.54) is 0 Å². The third-order valence-corrected chi connectivity index (χ3v) is 8.51. The van der Waals surface area contributed by atoms with Gasteiger partial charge < -0.3 is 20.3 Å². The smallest absolute Gasteiger partial charge is 0.404 e. The lowest BCUT2D eigenvalue weighted by molar-refractivity contribution is -0.131. The average molecular weight is 556 g/mol. The van der Waals surface area contributed by atoms with Crippen molar-refractivity contribution in [3.63, 3.8) is 0 Å². The molecule has 198 valence electrons. The Morgan fingerprint density at radius 2 is 1.74 bits per heavy atom. The first-order chi connectivity index (χ1) is 18.2. The molecule has 38 heavy (non-hydrogen) atoms. The standard InChI is InChI=1S/C26H26ClN5O5S/c27-20-6-4-19-15-22(7-5-18(19)14-20)38(35,36)13-8-25(33)31-11-9-30(10-12-31)24-3-1-2-23-29-21(16-32(23)24)17-37-26(28)34/h1-7,14-16H,8-13,17H2,(H2,28,34). The molecule has 0 unspecified atom stereocenters. The molecule has 0 spiro atoms. The topological polar surface area (TPSA) is 127 Å². The van der Waals surface area contributed by atoms with Crippen molar-refractivity contribution >= 4 is 55.7 Å². The number of hydrogen-bond donors (Lipinski definition) is 1. The van der Waals surface area contributed by atoms with Crippen LogP contribution in [0.25, 0.3) is 16.4 Å². The number of fused-ring (bicyclic) bond motifs is 2. The summed E-state index contributed by atoms with van der Waals surface area (Å²) in [5, 5.41) is 2.21. The highest BCUT2D eigenvalue weighted by Gasteiger charge is 2.25. The van der Waals surface area contributed by atoms with Gasteiger partial charge in [0.15, 0.2) is 9.84 Å². The van der Waals surface area contributed by atoms with Crippen LogP contribution in [0.2, 0.25) is 5.02 Å². The monoisotopic (exact) mass is 555 g/mol. The van der Waals surface area contributed by atoms with Gasteiger partial charge >= 0.3 is 6.09 Å². The summed E-state index contributed by atoms with van der Waals surface area (Å²) in [5.74, 6) is 0.454. The Kier molecular flexibility index (Phi) is 7.13. The number of ether oxygens (including phenoxy) is 1. The second kappa shape index (κ2) is 10.5. The molecule has 0 saturated carbocycles. The van der Waals surface area contributed by atoms with Gasteiger partial charge in [0.2, 0.25) is 5.91 Å². The molecule has 1 saturated heterocycles. The van der Waals surface area contributed by atoms with E-state index in [1.54, 1.807) is 47.5 Å². The van der Waals surface area contributed by atoms with Gasteiger partial charge in [-0.25, -0.2) is 18.2 Å². The van der Waals surface area contributed by atoms with Crippen LogP contribution in [0.15, 0.2) is 65.7 Å². The molecule has 3 heterocycles. The number of pyridine rings is 1. The van der Waals surface area contributed by atoms with Crippen molar-refractivity contribution in [2.24, 2.45) is 5.73 Å². The minimum absolute atomic E-state index is 0.0187. The van der Waals surface area contributed by atoms with Crippen molar-refractivity contribution in [2.75, 3.05) is 36.8 Å². The van der Waals surface area contributed by atoms with Gasteiger partial charge in [0.1, 0.15) is 18.1 Å². The van der Waals surface area contributed by atoms with Crippen LogP contribution in [-0.4, -0.2) is 66.6 Å². The summed E-state index contributed by atoms with van der Waals surface area (Å²) in [6.45, 7) is 2.08. The van der Waals surface area contributed by atoms with Crippen LogP contribution >= 0.6 is 11.6 Å². The first kappa shape index (κ1) is 25.8. The quantitative estimate of drug-likeness (QED) is 0.371. The third-order valence-electron chi connectivity index (χ3n) is 6.56. The molecule has 1 aliphatic heterocycles. The second-order valence-electron chi connectivity index (χ2n) is 9.04. The van der Waals surface area contributed by atoms with Crippen LogP contribution in [-0.2, 0) is 26.0 Å². The first-order valence-electron chi connectivity index (χ1n) is 12.0. The summed E-state index contributed by atoms with van der Waals surface area (Å²) in [6, 6.07) is 15.9. The van der Waals surface area contributed by atoms with E-state index in [9.17, 15) is 18.0 Å². The molecule has 10 nitrogen and oxygen atoms in total. The summed E-state index contributed by atoms with van der Waals surface area (Å²) in [4.78, 5) is 32.3. The highest BCUT2D eigenvalue weighted by molar-refractivity contribution is 7.91. The number of anilines is 1. The lowest BCUT2D eigenvalue weighted by atomic mass is 10.1. The van der Waals surface area contributed by atoms with Crippen LogP contribution in [0.3, 0.4) is 0 Å². The summed E-state index contributed by atoms with van der Waals surface area (Å²) in [7, 11) is -3.62. The van der Waals surface area contributed by atoms with Crippen molar-refractivity contribution in [3.8, 4) is 0 Å². The number of rotatable bonds is 7. The lowest BCUT2D eigenvalue weighted by Gasteiger charge is -2.36. The zero-order valence-corrected chi connectivity index (χ0v) is 22.0. The first-order valence-corrected chi connectivity index (χ1v) is 14.1. The number of benzene rings is 2. The van der Waals surface area contributed by atoms with E-state index in [2.05, 4.69) is 9.88 Å². The van der Waals surface area contributed by atoms with Crippen molar-refractivity contribution in [1.29, 1.82) is 0 Å². The normalized spacial score (nSPS) is 14.2. The van der Waals surface area contributed by atoms with Gasteiger partial charge in [-0.3, -0.25) is 9.20 Å². The SMILES string of the molecule is NC(=O)OCc1cn2c(N3CCN(C(=O)CCS(=O)(=O)c4ccc5cc(Cl)ccc5c4)CC3)cccc2n1. The van der Waals surface area contributed by atoms with E-state index in [1.807, 2.05) is 22.6 Å². The van der Waals surface area contributed by atoms with E-state index in [0.717, 1.165) is 16.6 Å². The number of primary amides is 1. The third kappa shape index (κ3) is 5.53. The van der Waals surface area contributed by atoms with Gasteiger partial charge in [-0.05, 0) is 47.2 Å². The van der Waals surface area contributed by atoms with Crippen LogP contribution in [0.5, 0.6) is 0 Å². The number of imidazole rings is 1. The zero-order valence-electron chi connectivity index (χ0n) is 20.4. The fourth-order valence-electron chi connectivity index (χ4n) is 4.59. The molecule has 1 fully saturated rings. The largest absolute Gasteiger partial charge is 0.443 e. The van der Waals surface area contributed by atoms with E-state index in [-0.39, 0.29) is 29.6 Å². The molecule has 2 aromatic carbocycles. The molecule has 0 radical (unpaired) electrons. The zero-order chi connectivity index (χ0) is 26.9. The molecule has 12 heteroatoms. The van der Waals surface area contributed by atoms with E-state index in [0.29, 0.717) is 42.5 Å². The molecular weight excluding hydrogens is 530 g/mol. The van der Waals surface area contributed by atoms with Gasteiger partial charge in [-0.1, -0.05) is 29.8 Å². The van der Waals surface area contributed by atoms with Crippen LogP contribution in [0.4, 0.5) is 10.6 Å². The fourth-order valence-corrected chi connectivity index (χ4v) is 6.03. The molecule has 2 N–H and O–H groups in total. The minimum atomic E-state index is -3.62. The van der Waals surface area contributed by atoms with Gasteiger partial charge in [-0.15, -0.1) is 0 Å². The summed E-state index contributed by atoms with van der Waals surface area (Å²) >= 11 is 6.01. The van der Waals surface area contributed by atoms with Crippen LogP contribution in [0.1, 0.15) is 12.1 Å². The molecule has 0 atom stereocenters. The molecule has 4 aromatic rings. The summed E-state index contributed by atoms with van der Waals surface area (Å²) in [6.07, 6.45) is 0.845. The Labute approximate surface area is 224 Å². The number of carbonyl (C=O) groups excluding carboxylic acids is 2. The van der Waals surface area contributed by atoms with E-state index < -0.39 is 15.9 Å². The van der Waals surface area contributed by atoms with Gasteiger partial charge in [0.25, 0.3) is 0 Å². The molecule has 5 rings (SSSR count). The average Bonchev–Trinajstić information content (AvgIpc) is 3.34. The molecule has 2 amide bonds. The van der Waals surface area contributed by atoms with Crippen LogP contribution < -0.4 is 10.6 Å². The Bertz CT molecular complexity index is 1630. The van der Waals surface area contributed by atoms with Crippen LogP contribution in [0, 0.1) is 0 Å². The molecule has 0 aliphatic carbocycles. The molecule has 0 bridgehead atoms. The Morgan fingerprint density at radius 3 is 2.50 bits per heavy atom. The number of carbonyl (C=O) groups is 2. The van der Waals surface area contributed by atoms with Gasteiger partial charge in [0, 0.05) is 43.8 Å². The predicted octanol–water partition coefficient (Wildman–Crippen LogP) is 3.25. The number of nitrogens with zero attached hydrogens (tertiary/aromatic N) is 4. The number of aromatic nitrogens is 2. The Hall–Kier alpha value is -3.83. The van der Waals surface area contributed by atoms with Gasteiger partial charge in [0.05, 0.1) is 16.3 Å². The number of hydrogen-bond acceptors (Lipinski definition) is 7. The molecule has 2 aromatic heterocycles. The van der Waals surface area contributed by atoms with Crippen molar-refractivity contribution in [2.45, 2.75) is 17.9 Å². The number of halogens is 1. The maximum atomic E-state index is 12.9. The maximum Gasteiger partial charge on any atom is 0.404 e. The summed E-state index contributed by atoms with van der Waals surface area (Å²) in [5.41, 5.74) is 6.32. The fraction of sp³-hybridized carbons (Fsp3) is 0.269. The predicted molar refractivity (Wildman–Crippen MR) is 144 cm³/mol. The highest BCUT2D eigenvalue weighted by atomic mass is 35.5. The second-order valence-corrected chi connectivity index (χ2v) is 11.6. The molecular formula is C26H26ClN5O5S. The highest BCUT2D eigenvalue weighted by Crippen LogP contribution is 2.24. The van der Waals surface area contributed by atoms with E-state index in [4.69, 9.17) is 22.1 Å². The van der Waals surface area contributed by atoms with E-state index >= 15 is 0 Å². The summed E-state index contributed by atoms with van der Waals surface area (Å²) < 4.78 is 32.6. The number of piperazine rings is 1. The van der Waals surface area contributed by atoms with Crippen molar-refractivity contribution < 1.29 is 22.7 Å². The Balaban J connectivity index is 1.19. The minimum Gasteiger partial charge on any atom is -0.443 e. The number of nitrogens with two attached hydrogens (primary N) is 1. The van der Waals surface area contributed by atoms with Crippen molar-refractivity contribution in [3.05, 3.63) is 71.5 Å². The number of sulfone groups is 1. The maximum absolute atomic E-state index is 12.9. The number of amides is 2. The van der Waals surface area contributed by atoms with Gasteiger partial charge in [-0.2, -0.15) is 0 Å². The molecule has 1 aliphatic rings. The Morgan fingerprint density at radius 1 is 1.00 bits per heavy atom. The lowest BCUT2D eigenvalue weighted by Crippen LogP contribution is -2.49. The van der Waals surface area contributed by atoms with Crippen molar-refractivity contribution in [1.82, 2.24) is 14.3 Å².